The van der Waals surface area contributed by atoms with E-state index in [0.29, 0.717) is 29.6 Å². The zero-order valence-electron chi connectivity index (χ0n) is 15.8. The molecule has 7 nitrogen and oxygen atoms in total. The Morgan fingerprint density at radius 1 is 1.38 bits per heavy atom. The summed E-state index contributed by atoms with van der Waals surface area (Å²) in [4.78, 5) is 31.0. The monoisotopic (exact) mass is 430 g/mol. The summed E-state index contributed by atoms with van der Waals surface area (Å²) in [5, 5.41) is 2.90. The first kappa shape index (κ1) is 21.3. The van der Waals surface area contributed by atoms with E-state index < -0.39 is 24.4 Å². The van der Waals surface area contributed by atoms with E-state index in [-0.39, 0.29) is 22.7 Å². The Morgan fingerprint density at radius 3 is 2.76 bits per heavy atom. The van der Waals surface area contributed by atoms with Gasteiger partial charge in [-0.2, -0.15) is 0 Å². The first-order valence-corrected chi connectivity index (χ1v) is 9.90. The van der Waals surface area contributed by atoms with Gasteiger partial charge in [-0.1, -0.05) is 25.2 Å². The predicted octanol–water partition coefficient (Wildman–Crippen LogP) is 3.11. The summed E-state index contributed by atoms with van der Waals surface area (Å²) in [6, 6.07) is 2.42. The first-order chi connectivity index (χ1) is 13.5. The van der Waals surface area contributed by atoms with Crippen molar-refractivity contribution in [1.29, 1.82) is 0 Å². The number of ether oxygens (including phenoxy) is 1. The highest BCUT2D eigenvalue weighted by Crippen LogP contribution is 2.32. The molecule has 0 radical (unpaired) electrons. The van der Waals surface area contributed by atoms with Crippen molar-refractivity contribution in [2.45, 2.75) is 45.1 Å². The SMILES string of the molecule is CC(C)[C@@H](N)C(=O)N1CCCC1C(=O)Nc1nc2ccc(OC(F)(F)F)cc2s1. The van der Waals surface area contributed by atoms with Crippen LogP contribution in [0.1, 0.15) is 26.7 Å². The second kappa shape index (κ2) is 8.15. The van der Waals surface area contributed by atoms with Crippen LogP contribution in [0.5, 0.6) is 5.75 Å². The molecule has 1 fully saturated rings. The molecule has 1 unspecified atom stereocenters. The number of aromatic nitrogens is 1. The Labute approximate surface area is 169 Å². The maximum Gasteiger partial charge on any atom is 0.573 e. The average molecular weight is 430 g/mol. The lowest BCUT2D eigenvalue weighted by Crippen LogP contribution is -2.51. The number of alkyl halides is 3. The number of halogens is 3. The number of thiazole rings is 1. The van der Waals surface area contributed by atoms with Gasteiger partial charge in [0.25, 0.3) is 0 Å². The number of anilines is 1. The van der Waals surface area contributed by atoms with Gasteiger partial charge in [0, 0.05) is 12.6 Å². The van der Waals surface area contributed by atoms with Crippen molar-refractivity contribution in [2.24, 2.45) is 11.7 Å². The second-order valence-corrected chi connectivity index (χ2v) is 8.18. The lowest BCUT2D eigenvalue weighted by Gasteiger charge is -2.27. The second-order valence-electron chi connectivity index (χ2n) is 7.15. The number of amides is 2. The van der Waals surface area contributed by atoms with Crippen LogP contribution in [0.25, 0.3) is 10.2 Å². The fraction of sp³-hybridized carbons (Fsp3) is 0.500. The standard InChI is InChI=1S/C18H21F3N4O3S/c1-9(2)14(22)16(27)25-7-3-4-12(25)15(26)24-17-23-11-6-5-10(8-13(11)29-17)28-18(19,20)21/h5-6,8-9,12,14H,3-4,7,22H2,1-2H3,(H,23,24,26)/t12?,14-/m1/s1. The minimum Gasteiger partial charge on any atom is -0.406 e. The van der Waals surface area contributed by atoms with E-state index in [1.165, 1.54) is 17.0 Å². The predicted molar refractivity (Wildman–Crippen MR) is 102 cm³/mol. The van der Waals surface area contributed by atoms with Crippen LogP contribution >= 0.6 is 11.3 Å². The number of carbonyl (C=O) groups excluding carboxylic acids is 2. The van der Waals surface area contributed by atoms with Crippen LogP contribution in [-0.4, -0.2) is 46.7 Å². The molecule has 3 rings (SSSR count). The van der Waals surface area contributed by atoms with Gasteiger partial charge in [-0.25, -0.2) is 4.98 Å². The van der Waals surface area contributed by atoms with E-state index in [1.807, 2.05) is 13.8 Å². The highest BCUT2D eigenvalue weighted by atomic mass is 32.1. The van der Waals surface area contributed by atoms with Crippen molar-refractivity contribution in [2.75, 3.05) is 11.9 Å². The number of benzene rings is 1. The van der Waals surface area contributed by atoms with Crippen molar-refractivity contribution in [3.8, 4) is 5.75 Å². The zero-order valence-corrected chi connectivity index (χ0v) is 16.6. The van der Waals surface area contributed by atoms with Gasteiger partial charge in [0.1, 0.15) is 11.8 Å². The molecule has 2 heterocycles. The molecule has 11 heteroatoms. The summed E-state index contributed by atoms with van der Waals surface area (Å²) < 4.78 is 41.4. The van der Waals surface area contributed by atoms with Crippen LogP contribution < -0.4 is 15.8 Å². The number of nitrogens with two attached hydrogens (primary N) is 1. The van der Waals surface area contributed by atoms with Gasteiger partial charge < -0.3 is 20.7 Å². The Hall–Kier alpha value is -2.40. The van der Waals surface area contributed by atoms with E-state index in [1.54, 1.807) is 0 Å². The Bertz CT molecular complexity index is 915. The third-order valence-corrected chi connectivity index (χ3v) is 5.60. The van der Waals surface area contributed by atoms with Gasteiger partial charge in [0.15, 0.2) is 5.13 Å². The smallest absolute Gasteiger partial charge is 0.406 e. The van der Waals surface area contributed by atoms with E-state index >= 15 is 0 Å². The Kier molecular flexibility index (Phi) is 5.99. The van der Waals surface area contributed by atoms with Crippen molar-refractivity contribution in [3.63, 3.8) is 0 Å². The number of nitrogens with zero attached hydrogens (tertiary/aromatic N) is 2. The molecule has 2 aromatic rings. The van der Waals surface area contributed by atoms with Gasteiger partial charge in [-0.15, -0.1) is 13.2 Å². The minimum atomic E-state index is -4.79. The van der Waals surface area contributed by atoms with Gasteiger partial charge in [0.05, 0.1) is 16.3 Å². The first-order valence-electron chi connectivity index (χ1n) is 9.08. The fourth-order valence-electron chi connectivity index (χ4n) is 3.12. The molecule has 0 aliphatic carbocycles. The molecule has 1 saturated heterocycles. The van der Waals surface area contributed by atoms with Gasteiger partial charge in [0.2, 0.25) is 11.8 Å². The molecule has 3 N–H and O–H groups in total. The number of nitrogens with one attached hydrogen (secondary N) is 1. The maximum atomic E-state index is 12.7. The lowest BCUT2D eigenvalue weighted by molar-refractivity contribution is -0.274. The van der Waals surface area contributed by atoms with Crippen LogP contribution in [0.4, 0.5) is 18.3 Å². The van der Waals surface area contributed by atoms with Crippen molar-refractivity contribution in [1.82, 2.24) is 9.88 Å². The molecular formula is C18H21F3N4O3S. The summed E-state index contributed by atoms with van der Waals surface area (Å²) in [5.41, 5.74) is 6.37. The van der Waals surface area contributed by atoms with E-state index in [0.717, 1.165) is 17.4 Å². The maximum absolute atomic E-state index is 12.7. The largest absolute Gasteiger partial charge is 0.573 e. The number of likely N-dealkylation sites (tertiary alicyclic amines) is 1. The summed E-state index contributed by atoms with van der Waals surface area (Å²) >= 11 is 1.03. The van der Waals surface area contributed by atoms with Crippen molar-refractivity contribution in [3.05, 3.63) is 18.2 Å². The molecule has 158 valence electrons. The topological polar surface area (TPSA) is 97.6 Å². The van der Waals surface area contributed by atoms with Crippen LogP contribution in [-0.2, 0) is 9.59 Å². The summed E-state index contributed by atoms with van der Waals surface area (Å²) in [6.07, 6.45) is -3.59. The van der Waals surface area contributed by atoms with Gasteiger partial charge in [-0.3, -0.25) is 9.59 Å². The lowest BCUT2D eigenvalue weighted by atomic mass is 10.0. The summed E-state index contributed by atoms with van der Waals surface area (Å²) in [7, 11) is 0. The van der Waals surface area contributed by atoms with Gasteiger partial charge in [-0.05, 0) is 30.9 Å². The van der Waals surface area contributed by atoms with E-state index in [2.05, 4.69) is 15.0 Å². The number of rotatable bonds is 5. The number of hydrogen-bond donors (Lipinski definition) is 2. The molecule has 0 saturated carbocycles. The molecule has 1 aromatic carbocycles. The van der Waals surface area contributed by atoms with Crippen LogP contribution in [0.15, 0.2) is 18.2 Å². The summed E-state index contributed by atoms with van der Waals surface area (Å²) in [6.45, 7) is 4.13. The molecule has 29 heavy (non-hydrogen) atoms. The highest BCUT2D eigenvalue weighted by Gasteiger charge is 2.37. The molecule has 0 spiro atoms. The van der Waals surface area contributed by atoms with E-state index in [4.69, 9.17) is 5.73 Å². The van der Waals surface area contributed by atoms with Crippen LogP contribution in [0.3, 0.4) is 0 Å². The highest BCUT2D eigenvalue weighted by molar-refractivity contribution is 7.22. The Balaban J connectivity index is 1.72. The van der Waals surface area contributed by atoms with Gasteiger partial charge >= 0.3 is 6.36 Å². The quantitative estimate of drug-likeness (QED) is 0.760. The number of hydrogen-bond acceptors (Lipinski definition) is 6. The molecule has 1 aliphatic rings. The molecule has 2 atom stereocenters. The average Bonchev–Trinajstić information content (AvgIpc) is 3.24. The molecule has 0 bridgehead atoms. The zero-order chi connectivity index (χ0) is 21.3. The van der Waals surface area contributed by atoms with E-state index in [9.17, 15) is 22.8 Å². The molecular weight excluding hydrogens is 409 g/mol. The molecule has 2 amide bonds. The minimum absolute atomic E-state index is 0.0517. The summed E-state index contributed by atoms with van der Waals surface area (Å²) in [5.74, 6) is -1.07. The number of carbonyl (C=O) groups is 2. The third-order valence-electron chi connectivity index (χ3n) is 4.67. The number of fused-ring (bicyclic) bond motifs is 1. The van der Waals surface area contributed by atoms with Crippen LogP contribution in [0.2, 0.25) is 0 Å². The van der Waals surface area contributed by atoms with Crippen LogP contribution in [0, 0.1) is 5.92 Å². The van der Waals surface area contributed by atoms with Crippen molar-refractivity contribution < 1.29 is 27.5 Å². The molecule has 1 aromatic heterocycles. The Morgan fingerprint density at radius 2 is 2.10 bits per heavy atom. The normalized spacial score (nSPS) is 18.3. The van der Waals surface area contributed by atoms with Crippen molar-refractivity contribution >= 4 is 38.5 Å². The third kappa shape index (κ3) is 4.96. The molecule has 1 aliphatic heterocycles. The fourth-order valence-corrected chi connectivity index (χ4v) is 4.02.